The van der Waals surface area contributed by atoms with Gasteiger partial charge in [0.05, 0.1) is 28.6 Å². The van der Waals surface area contributed by atoms with Crippen LogP contribution in [-0.4, -0.2) is 41.8 Å². The van der Waals surface area contributed by atoms with Gasteiger partial charge in [-0.3, -0.25) is 19.3 Å². The van der Waals surface area contributed by atoms with E-state index in [1.54, 1.807) is 36.7 Å². The van der Waals surface area contributed by atoms with Crippen molar-refractivity contribution in [3.63, 3.8) is 0 Å². The minimum atomic E-state index is -0.779. The molecule has 0 saturated heterocycles. The van der Waals surface area contributed by atoms with Gasteiger partial charge in [-0.2, -0.15) is 0 Å². The number of carbonyl (C=O) groups excluding carboxylic acids is 3. The maximum Gasteiger partial charge on any atom is 0.265 e. The molecule has 0 bridgehead atoms. The molecule has 0 radical (unpaired) electrons. The molecule has 1 atom stereocenters. The van der Waals surface area contributed by atoms with Crippen LogP contribution >= 0.6 is 11.3 Å². The van der Waals surface area contributed by atoms with Crippen molar-refractivity contribution >= 4 is 40.3 Å². The number of hydrogen-bond donors (Lipinski definition) is 1. The SMILES string of the molecule is CC(C(=O)c1ccc2c(c1)NC(=O)CO2)N1C(=O)COc2ccc(-c3cscn3)cc21. The summed E-state index contributed by atoms with van der Waals surface area (Å²) in [5, 5.41) is 4.61. The van der Waals surface area contributed by atoms with Crippen LogP contribution < -0.4 is 19.7 Å². The van der Waals surface area contributed by atoms with E-state index in [-0.39, 0.29) is 30.8 Å². The highest BCUT2D eigenvalue weighted by Crippen LogP contribution is 2.38. The average molecular weight is 435 g/mol. The molecule has 31 heavy (non-hydrogen) atoms. The number of thiazole rings is 1. The number of ether oxygens (including phenoxy) is 2. The summed E-state index contributed by atoms with van der Waals surface area (Å²) < 4.78 is 10.9. The van der Waals surface area contributed by atoms with Crippen molar-refractivity contribution in [1.82, 2.24) is 4.98 Å². The first-order chi connectivity index (χ1) is 15.0. The number of Topliss-reactive ketones (excluding diaryl/α,β-unsaturated/α-hetero) is 1. The number of ketones is 1. The Hall–Kier alpha value is -3.72. The normalized spacial score (nSPS) is 15.8. The van der Waals surface area contributed by atoms with E-state index in [1.165, 1.54) is 16.2 Å². The molecule has 3 aromatic rings. The van der Waals surface area contributed by atoms with E-state index in [0.717, 1.165) is 11.3 Å². The number of benzene rings is 2. The molecule has 1 unspecified atom stereocenters. The summed E-state index contributed by atoms with van der Waals surface area (Å²) >= 11 is 1.48. The highest BCUT2D eigenvalue weighted by Gasteiger charge is 2.34. The van der Waals surface area contributed by atoms with Crippen LogP contribution in [-0.2, 0) is 9.59 Å². The van der Waals surface area contributed by atoms with Crippen molar-refractivity contribution in [2.75, 3.05) is 23.4 Å². The number of hydrogen-bond acceptors (Lipinski definition) is 7. The molecule has 3 heterocycles. The zero-order valence-electron chi connectivity index (χ0n) is 16.5. The van der Waals surface area contributed by atoms with Crippen molar-refractivity contribution in [1.29, 1.82) is 0 Å². The highest BCUT2D eigenvalue weighted by atomic mass is 32.1. The summed E-state index contributed by atoms with van der Waals surface area (Å²) in [6, 6.07) is 9.54. The molecule has 2 aliphatic rings. The Morgan fingerprint density at radius 1 is 1.13 bits per heavy atom. The molecular formula is C22H17N3O5S. The number of carbonyl (C=O) groups is 3. The van der Waals surface area contributed by atoms with Gasteiger partial charge < -0.3 is 14.8 Å². The largest absolute Gasteiger partial charge is 0.482 e. The van der Waals surface area contributed by atoms with Gasteiger partial charge in [0, 0.05) is 16.5 Å². The number of aromatic nitrogens is 1. The first kappa shape index (κ1) is 19.3. The molecule has 5 rings (SSSR count). The van der Waals surface area contributed by atoms with Crippen molar-refractivity contribution in [2.45, 2.75) is 13.0 Å². The van der Waals surface area contributed by atoms with Crippen LogP contribution in [0.15, 0.2) is 47.3 Å². The van der Waals surface area contributed by atoms with Gasteiger partial charge in [-0.05, 0) is 43.3 Å². The molecule has 8 nitrogen and oxygen atoms in total. The summed E-state index contributed by atoms with van der Waals surface area (Å²) in [5.41, 5.74) is 4.69. The molecule has 156 valence electrons. The minimum absolute atomic E-state index is 0.0585. The number of nitrogens with zero attached hydrogens (tertiary/aromatic N) is 2. The van der Waals surface area contributed by atoms with Crippen molar-refractivity contribution in [2.24, 2.45) is 0 Å². The third-order valence-electron chi connectivity index (χ3n) is 5.23. The van der Waals surface area contributed by atoms with E-state index < -0.39 is 6.04 Å². The van der Waals surface area contributed by atoms with Gasteiger partial charge >= 0.3 is 0 Å². The zero-order valence-corrected chi connectivity index (χ0v) is 17.3. The van der Waals surface area contributed by atoms with E-state index in [1.807, 2.05) is 17.5 Å². The van der Waals surface area contributed by atoms with Gasteiger partial charge in [-0.15, -0.1) is 11.3 Å². The average Bonchev–Trinajstić information content (AvgIpc) is 3.32. The Morgan fingerprint density at radius 3 is 2.74 bits per heavy atom. The van der Waals surface area contributed by atoms with Crippen LogP contribution in [0, 0.1) is 0 Å². The molecule has 2 aliphatic heterocycles. The molecule has 0 spiro atoms. The van der Waals surface area contributed by atoms with Gasteiger partial charge in [0.2, 0.25) is 0 Å². The van der Waals surface area contributed by atoms with E-state index in [2.05, 4.69) is 10.3 Å². The maximum absolute atomic E-state index is 13.3. The molecule has 1 aromatic heterocycles. The highest BCUT2D eigenvalue weighted by molar-refractivity contribution is 7.07. The molecule has 2 amide bonds. The summed E-state index contributed by atoms with van der Waals surface area (Å²) in [7, 11) is 0. The number of anilines is 2. The van der Waals surface area contributed by atoms with Gasteiger partial charge in [0.1, 0.15) is 11.5 Å². The lowest BCUT2D eigenvalue weighted by atomic mass is 10.0. The molecule has 0 saturated carbocycles. The second kappa shape index (κ2) is 7.51. The third kappa shape index (κ3) is 3.42. The van der Waals surface area contributed by atoms with Crippen LogP contribution in [0.1, 0.15) is 17.3 Å². The van der Waals surface area contributed by atoms with Crippen LogP contribution in [0.3, 0.4) is 0 Å². The van der Waals surface area contributed by atoms with E-state index in [4.69, 9.17) is 9.47 Å². The number of nitrogens with one attached hydrogen (secondary N) is 1. The van der Waals surface area contributed by atoms with Crippen LogP contribution in [0.5, 0.6) is 11.5 Å². The molecule has 0 fully saturated rings. The fourth-order valence-electron chi connectivity index (χ4n) is 3.70. The van der Waals surface area contributed by atoms with Gasteiger partial charge in [0.25, 0.3) is 11.8 Å². The summed E-state index contributed by atoms with van der Waals surface area (Å²) in [6.45, 7) is 1.48. The summed E-state index contributed by atoms with van der Waals surface area (Å²) in [5.74, 6) is 0.187. The van der Waals surface area contributed by atoms with Crippen LogP contribution in [0.4, 0.5) is 11.4 Å². The monoisotopic (exact) mass is 435 g/mol. The minimum Gasteiger partial charge on any atom is -0.482 e. The third-order valence-corrected chi connectivity index (χ3v) is 5.82. The zero-order chi connectivity index (χ0) is 21.5. The van der Waals surface area contributed by atoms with Crippen LogP contribution in [0.2, 0.25) is 0 Å². The van der Waals surface area contributed by atoms with Crippen LogP contribution in [0.25, 0.3) is 11.3 Å². The topological polar surface area (TPSA) is 97.8 Å². The van der Waals surface area contributed by atoms with Crippen molar-refractivity contribution in [3.05, 3.63) is 52.9 Å². The van der Waals surface area contributed by atoms with E-state index >= 15 is 0 Å². The second-order valence-electron chi connectivity index (χ2n) is 7.20. The molecule has 2 aromatic carbocycles. The molecule has 0 aliphatic carbocycles. The standard InChI is InChI=1S/C22H17N3O5S/c1-12(22(28)14-3-4-18-15(6-14)24-20(26)8-29-18)25-17-7-13(16-10-31-11-23-16)2-5-19(17)30-9-21(25)27/h2-7,10-12H,8-9H2,1H3,(H,24,26). The molecular weight excluding hydrogens is 418 g/mol. The van der Waals surface area contributed by atoms with Crippen molar-refractivity contribution < 1.29 is 23.9 Å². The summed E-state index contributed by atoms with van der Waals surface area (Å²) in [6.07, 6.45) is 0. The van der Waals surface area contributed by atoms with Gasteiger partial charge in [-0.25, -0.2) is 4.98 Å². The predicted octanol–water partition coefficient (Wildman–Crippen LogP) is 3.14. The smallest absolute Gasteiger partial charge is 0.265 e. The van der Waals surface area contributed by atoms with Gasteiger partial charge in [0.15, 0.2) is 19.0 Å². The second-order valence-corrected chi connectivity index (χ2v) is 7.92. The Kier molecular flexibility index (Phi) is 4.67. The Morgan fingerprint density at radius 2 is 1.94 bits per heavy atom. The predicted molar refractivity (Wildman–Crippen MR) is 115 cm³/mol. The summed E-state index contributed by atoms with van der Waals surface area (Å²) in [4.78, 5) is 43.4. The first-order valence-electron chi connectivity index (χ1n) is 9.59. The van der Waals surface area contributed by atoms with Crippen molar-refractivity contribution in [3.8, 4) is 22.8 Å². The fourth-order valence-corrected chi connectivity index (χ4v) is 4.27. The van der Waals surface area contributed by atoms with E-state index in [0.29, 0.717) is 28.4 Å². The molecule has 1 N–H and O–H groups in total. The Labute approximate surface area is 181 Å². The fraction of sp³-hybridized carbons (Fsp3) is 0.182. The lowest BCUT2D eigenvalue weighted by Crippen LogP contribution is -2.48. The number of amides is 2. The van der Waals surface area contributed by atoms with E-state index in [9.17, 15) is 14.4 Å². The quantitative estimate of drug-likeness (QED) is 0.633. The lowest BCUT2D eigenvalue weighted by Gasteiger charge is -2.33. The maximum atomic E-state index is 13.3. The number of fused-ring (bicyclic) bond motifs is 2. The first-order valence-corrected chi connectivity index (χ1v) is 10.5. The lowest BCUT2D eigenvalue weighted by molar-refractivity contribution is -0.121. The molecule has 9 heteroatoms. The number of rotatable bonds is 4. The Bertz CT molecular complexity index is 1210. The Balaban J connectivity index is 1.49. The van der Waals surface area contributed by atoms with Gasteiger partial charge in [-0.1, -0.05) is 0 Å².